The van der Waals surface area contributed by atoms with E-state index in [4.69, 9.17) is 4.98 Å². The second kappa shape index (κ2) is 19.9. The molecule has 2 aliphatic rings. The highest BCUT2D eigenvalue weighted by Crippen LogP contribution is 2.50. The Morgan fingerprint density at radius 2 is 0.738 bits per heavy atom. The largest absolute Gasteiger partial charge is 0.311 e. The number of rotatable bonds is 6. The lowest BCUT2D eigenvalue weighted by Crippen LogP contribution is -2.61. The smallest absolute Gasteiger partial charge is 0.252 e. The van der Waals surface area contributed by atoms with Crippen LogP contribution in [-0.2, 0) is 32.5 Å². The van der Waals surface area contributed by atoms with Crippen LogP contribution in [0, 0.1) is 0 Å². The Morgan fingerprint density at radius 3 is 1.26 bits per heavy atom. The first-order valence-corrected chi connectivity index (χ1v) is 30.6. The van der Waals surface area contributed by atoms with Crippen molar-refractivity contribution in [2.75, 3.05) is 9.80 Å². The van der Waals surface area contributed by atoms with Crippen molar-refractivity contribution in [2.24, 2.45) is 0 Å². The summed E-state index contributed by atoms with van der Waals surface area (Å²) in [4.78, 5) is 11.0. The minimum absolute atomic E-state index is 0.00888. The highest BCUT2D eigenvalue weighted by Gasteiger charge is 2.46. The summed E-state index contributed by atoms with van der Waals surface area (Å²) in [5.74, 6) is 0.908. The molecule has 0 atom stereocenters. The number of para-hydroxylation sites is 1. The summed E-state index contributed by atoms with van der Waals surface area (Å²) in [7, 11) is 0. The maximum absolute atomic E-state index is 5.79. The molecule has 0 unspecified atom stereocenters. The van der Waals surface area contributed by atoms with Gasteiger partial charge in [-0.05, 0) is 166 Å². The number of fused-ring (bicyclic) bond motifs is 5. The van der Waals surface area contributed by atoms with E-state index in [9.17, 15) is 0 Å². The van der Waals surface area contributed by atoms with Gasteiger partial charge in [0.2, 0.25) is 0 Å². The molecule has 2 aliphatic heterocycles. The first-order valence-electron chi connectivity index (χ1n) is 30.6. The molecule has 0 amide bonds. The van der Waals surface area contributed by atoms with Gasteiger partial charge in [0, 0.05) is 45.3 Å². The predicted octanol–water partition coefficient (Wildman–Crippen LogP) is 19.9. The van der Waals surface area contributed by atoms with Gasteiger partial charge in [0.1, 0.15) is 5.82 Å². The van der Waals surface area contributed by atoms with Gasteiger partial charge in [-0.3, -0.25) is 4.57 Å². The third-order valence-corrected chi connectivity index (χ3v) is 18.0. The van der Waals surface area contributed by atoms with Crippen LogP contribution in [0.2, 0.25) is 0 Å². The van der Waals surface area contributed by atoms with Crippen molar-refractivity contribution in [3.63, 3.8) is 0 Å². The number of anilines is 6. The van der Waals surface area contributed by atoms with Gasteiger partial charge in [0.25, 0.3) is 6.71 Å². The van der Waals surface area contributed by atoms with E-state index in [2.05, 4.69) is 327 Å². The molecule has 3 heterocycles. The summed E-state index contributed by atoms with van der Waals surface area (Å²) in [6.45, 7) is 41.7. The van der Waals surface area contributed by atoms with Gasteiger partial charge < -0.3 is 9.80 Å². The SMILES string of the molecule is CC(C)(C)c1ccc(-c2ccc(-c3nc4cc5c(cc4n3-c3ccccc3)N(c3ccc(C(C)(C)C)cc3-c3ccc(C(C)(C)C)cc3)c3cc(C(C)(C)C)cc4c3B5c3cc(C(C)(C)C)ccc3N4c3ccc(C(C)(C)C)cc3)cc2)cc1. The van der Waals surface area contributed by atoms with Crippen molar-refractivity contribution in [3.05, 3.63) is 221 Å². The van der Waals surface area contributed by atoms with Gasteiger partial charge >= 0.3 is 0 Å². The first-order chi connectivity index (χ1) is 39.4. The van der Waals surface area contributed by atoms with Crippen LogP contribution >= 0.6 is 0 Å². The molecular formula is C79H85BN4. The highest BCUT2D eigenvalue weighted by atomic mass is 15.2. The number of benzene rings is 9. The van der Waals surface area contributed by atoms with Crippen LogP contribution in [0.5, 0.6) is 0 Å². The molecule has 0 radical (unpaired) electrons. The number of hydrogen-bond donors (Lipinski definition) is 0. The quantitative estimate of drug-likeness (QED) is 0.155. The predicted molar refractivity (Wildman–Crippen MR) is 364 cm³/mol. The second-order valence-electron chi connectivity index (χ2n) is 30.3. The fourth-order valence-electron chi connectivity index (χ4n) is 12.7. The van der Waals surface area contributed by atoms with Crippen LogP contribution < -0.4 is 26.2 Å². The Hall–Kier alpha value is -7.89. The zero-order valence-electron chi connectivity index (χ0n) is 53.3. The summed E-state index contributed by atoms with van der Waals surface area (Å²) >= 11 is 0. The molecular weight excluding hydrogens is 1020 g/mol. The van der Waals surface area contributed by atoms with Gasteiger partial charge in [0.15, 0.2) is 0 Å². The van der Waals surface area contributed by atoms with Crippen LogP contribution in [0.25, 0.3) is 50.4 Å². The lowest BCUT2D eigenvalue weighted by molar-refractivity contribution is 0.589. The van der Waals surface area contributed by atoms with E-state index in [1.54, 1.807) is 0 Å². The number of nitrogens with zero attached hydrogens (tertiary/aromatic N) is 4. The zero-order valence-corrected chi connectivity index (χ0v) is 53.3. The van der Waals surface area contributed by atoms with E-state index in [1.807, 2.05) is 0 Å². The van der Waals surface area contributed by atoms with Gasteiger partial charge in [-0.1, -0.05) is 246 Å². The minimum atomic E-state index is -0.191. The normalized spacial score (nSPS) is 13.8. The van der Waals surface area contributed by atoms with E-state index < -0.39 is 0 Å². The van der Waals surface area contributed by atoms with Crippen LogP contribution in [0.3, 0.4) is 0 Å². The van der Waals surface area contributed by atoms with Crippen molar-refractivity contribution in [1.29, 1.82) is 0 Å². The first kappa shape index (κ1) is 56.6. The topological polar surface area (TPSA) is 24.3 Å². The Labute approximate surface area is 502 Å². The third-order valence-electron chi connectivity index (χ3n) is 18.0. The number of imidazole rings is 1. The van der Waals surface area contributed by atoms with Gasteiger partial charge in [0.05, 0.1) is 16.7 Å². The van der Waals surface area contributed by atoms with Crippen LogP contribution in [0.4, 0.5) is 34.1 Å². The maximum Gasteiger partial charge on any atom is 0.252 e. The van der Waals surface area contributed by atoms with Crippen molar-refractivity contribution >= 4 is 68.3 Å². The summed E-state index contributed by atoms with van der Waals surface area (Å²) in [6, 6.07) is 72.4. The summed E-state index contributed by atoms with van der Waals surface area (Å²) in [5, 5.41) is 0. The van der Waals surface area contributed by atoms with Gasteiger partial charge in [-0.15, -0.1) is 0 Å². The van der Waals surface area contributed by atoms with E-state index in [0.717, 1.165) is 45.2 Å². The summed E-state index contributed by atoms with van der Waals surface area (Å²) < 4.78 is 2.40. The Bertz CT molecular complexity index is 4140. The molecule has 84 heavy (non-hydrogen) atoms. The molecule has 9 aromatic carbocycles. The molecule has 0 fully saturated rings. The monoisotopic (exact) mass is 1100 g/mol. The summed E-state index contributed by atoms with van der Waals surface area (Å²) in [6.07, 6.45) is 0. The van der Waals surface area contributed by atoms with E-state index in [1.165, 1.54) is 89.1 Å². The van der Waals surface area contributed by atoms with Crippen molar-refractivity contribution in [2.45, 2.75) is 157 Å². The Morgan fingerprint density at radius 1 is 0.310 bits per heavy atom. The average molecular weight is 1100 g/mol. The van der Waals surface area contributed by atoms with Crippen molar-refractivity contribution in [3.8, 4) is 39.3 Å². The molecule has 0 aliphatic carbocycles. The molecule has 12 rings (SSSR count). The third kappa shape index (κ3) is 10.1. The minimum Gasteiger partial charge on any atom is -0.311 e. The van der Waals surface area contributed by atoms with E-state index in [0.29, 0.717) is 0 Å². The van der Waals surface area contributed by atoms with E-state index >= 15 is 0 Å². The van der Waals surface area contributed by atoms with Crippen LogP contribution in [0.1, 0.15) is 158 Å². The van der Waals surface area contributed by atoms with Crippen molar-refractivity contribution < 1.29 is 0 Å². The number of hydrogen-bond acceptors (Lipinski definition) is 3. The molecule has 4 nitrogen and oxygen atoms in total. The highest BCUT2D eigenvalue weighted by molar-refractivity contribution is 7.00. The standard InChI is InChI=1S/C79H85BN4/c1-74(2,3)54-32-28-51(29-33-54)50-24-26-53(27-25-50)73-81-65-48-64-68(49-69(65)83(73)60-22-20-19-21-23-60)84(66-42-38-57(77(10,11)12)44-62(66)52-30-34-55(35-31-52)75(4,5)6)71-47-59(79(16,17)18)46-70-72(71)80(64)63-45-58(78(13,14)15)39-43-67(63)82(70)61-40-36-56(37-41-61)76(7,8)9/h19-49H,1-18H3. The molecule has 5 heteroatoms. The zero-order chi connectivity index (χ0) is 59.8. The molecule has 0 spiro atoms. The second-order valence-corrected chi connectivity index (χ2v) is 30.3. The fourth-order valence-corrected chi connectivity index (χ4v) is 12.7. The van der Waals surface area contributed by atoms with Crippen LogP contribution in [-0.4, -0.2) is 16.3 Å². The van der Waals surface area contributed by atoms with Gasteiger partial charge in [-0.25, -0.2) is 4.98 Å². The average Bonchev–Trinajstić information content (AvgIpc) is 0.906. The Kier molecular flexibility index (Phi) is 13.4. The lowest BCUT2D eigenvalue weighted by atomic mass is 9.33. The summed E-state index contributed by atoms with van der Waals surface area (Å²) in [5.41, 5.74) is 27.4. The van der Waals surface area contributed by atoms with Gasteiger partial charge in [-0.2, -0.15) is 0 Å². The molecule has 10 aromatic rings. The number of aromatic nitrogens is 2. The molecule has 0 saturated carbocycles. The maximum atomic E-state index is 5.79. The molecule has 1 aromatic heterocycles. The van der Waals surface area contributed by atoms with Crippen LogP contribution in [0.15, 0.2) is 188 Å². The fraction of sp³-hybridized carbons (Fsp3) is 0.304. The Balaban J connectivity index is 1.19. The molecule has 0 saturated heterocycles. The van der Waals surface area contributed by atoms with Crippen molar-refractivity contribution in [1.82, 2.24) is 9.55 Å². The molecule has 0 bridgehead atoms. The molecule has 424 valence electrons. The lowest BCUT2D eigenvalue weighted by Gasteiger charge is -2.46. The molecule has 0 N–H and O–H groups in total. The van der Waals surface area contributed by atoms with E-state index in [-0.39, 0.29) is 39.2 Å².